The molecule has 1 fully saturated rings. The Morgan fingerprint density at radius 1 is 1.17 bits per heavy atom. The van der Waals surface area contributed by atoms with Crippen LogP contribution in [0.5, 0.6) is 5.75 Å². The van der Waals surface area contributed by atoms with E-state index >= 15 is 8.78 Å². The molecule has 1 aliphatic rings. The van der Waals surface area contributed by atoms with Crippen LogP contribution in [0.3, 0.4) is 0 Å². The van der Waals surface area contributed by atoms with Crippen LogP contribution < -0.4 is 15.2 Å². The van der Waals surface area contributed by atoms with Crippen LogP contribution in [0.25, 0.3) is 22.0 Å². The lowest BCUT2D eigenvalue weighted by atomic mass is 10.1. The first-order valence-corrected chi connectivity index (χ1v) is 12.7. The molecule has 216 valence electrons. The van der Waals surface area contributed by atoms with Crippen LogP contribution in [0.15, 0.2) is 47.5 Å². The first-order valence-electron chi connectivity index (χ1n) is 12.7. The second kappa shape index (κ2) is 11.2. The summed E-state index contributed by atoms with van der Waals surface area (Å²) in [5, 5.41) is 8.92. The second-order valence-corrected chi connectivity index (χ2v) is 9.63. The Kier molecular flexibility index (Phi) is 7.67. The Morgan fingerprint density at radius 2 is 1.88 bits per heavy atom. The number of carbonyl (C=O) groups excluding carboxylic acids is 1. The maximum Gasteiger partial charge on any atom is 0.387 e. The van der Waals surface area contributed by atoms with E-state index in [4.69, 9.17) is 5.11 Å². The molecule has 4 aromatic rings. The van der Waals surface area contributed by atoms with Crippen molar-refractivity contribution < 1.29 is 32.2 Å². The quantitative estimate of drug-likeness (QED) is 0.339. The molecule has 0 saturated carbocycles. The van der Waals surface area contributed by atoms with E-state index in [1.165, 1.54) is 42.3 Å². The fraction of sp³-hybridized carbons (Fsp3) is 0.333. The van der Waals surface area contributed by atoms with E-state index in [1.54, 1.807) is 11.0 Å². The number of hydrogen-bond donors (Lipinski definition) is 1. The predicted molar refractivity (Wildman–Crippen MR) is 141 cm³/mol. The van der Waals surface area contributed by atoms with Gasteiger partial charge in [-0.3, -0.25) is 19.0 Å². The van der Waals surface area contributed by atoms with E-state index < -0.39 is 36.0 Å². The van der Waals surface area contributed by atoms with Gasteiger partial charge in [0, 0.05) is 56.2 Å². The fourth-order valence-electron chi connectivity index (χ4n) is 5.13. The molecule has 0 aliphatic carbocycles. The van der Waals surface area contributed by atoms with Crippen molar-refractivity contribution in [3.8, 4) is 16.9 Å². The van der Waals surface area contributed by atoms with E-state index in [1.807, 2.05) is 11.8 Å². The molecule has 3 heterocycles. The molecule has 1 atom stereocenters. The third-order valence-corrected chi connectivity index (χ3v) is 7.14. The number of anilines is 1. The molecule has 14 heteroatoms. The number of carbonyl (C=O) groups is 1. The predicted octanol–water partition coefficient (Wildman–Crippen LogP) is 2.75. The van der Waals surface area contributed by atoms with Gasteiger partial charge in [0.05, 0.1) is 17.5 Å². The van der Waals surface area contributed by atoms with E-state index in [2.05, 4.69) is 14.7 Å². The maximum absolute atomic E-state index is 16.1. The highest BCUT2D eigenvalue weighted by atomic mass is 19.3. The topological polar surface area (TPSA) is 106 Å². The van der Waals surface area contributed by atoms with Crippen molar-refractivity contribution in [2.75, 3.05) is 31.1 Å². The lowest BCUT2D eigenvalue weighted by Gasteiger charge is -2.39. The highest BCUT2D eigenvalue weighted by Crippen LogP contribution is 2.32. The highest BCUT2D eigenvalue weighted by Gasteiger charge is 2.29. The van der Waals surface area contributed by atoms with Crippen molar-refractivity contribution in [2.24, 2.45) is 7.05 Å². The largest absolute Gasteiger partial charge is 0.434 e. The summed E-state index contributed by atoms with van der Waals surface area (Å²) in [6, 6.07) is 6.64. The maximum atomic E-state index is 16.1. The number of ether oxygens (including phenoxy) is 1. The van der Waals surface area contributed by atoms with Gasteiger partial charge < -0.3 is 19.6 Å². The number of halogens is 4. The molecule has 5 rings (SSSR count). The lowest BCUT2D eigenvalue weighted by molar-refractivity contribution is -0.136. The summed E-state index contributed by atoms with van der Waals surface area (Å²) in [6.45, 7) is -0.907. The summed E-state index contributed by atoms with van der Waals surface area (Å²) in [6.07, 6.45) is 2.53. The van der Waals surface area contributed by atoms with Crippen molar-refractivity contribution in [1.29, 1.82) is 0 Å². The smallest absolute Gasteiger partial charge is 0.387 e. The number of hydrogen-bond acceptors (Lipinski definition) is 7. The van der Waals surface area contributed by atoms with Gasteiger partial charge in [-0.2, -0.15) is 8.78 Å². The minimum Gasteiger partial charge on any atom is -0.434 e. The molecule has 1 saturated heterocycles. The molecule has 2 aromatic carbocycles. The first kappa shape index (κ1) is 28.1. The Bertz CT molecular complexity index is 1660. The standard InChI is InChI=1S/C27H26F4N6O4/c1-15-12-35(7-8-36(15)21(39)14-38)27-32-10-17(11-33-27)22-19(28)9-18-24(23(22)29)37(34(2)25(18)40)13-16-5-3-4-6-20(16)41-26(30)31/h3-6,9-11,15,26,38H,7-8,12-14H2,1-2H3. The van der Waals surface area contributed by atoms with Gasteiger partial charge in [-0.25, -0.2) is 18.7 Å². The Hall–Kier alpha value is -4.46. The number of nitrogens with zero attached hydrogens (tertiary/aromatic N) is 6. The first-order chi connectivity index (χ1) is 19.6. The summed E-state index contributed by atoms with van der Waals surface area (Å²) in [5.74, 6) is -2.25. The van der Waals surface area contributed by atoms with Crippen molar-refractivity contribution >= 4 is 22.8 Å². The van der Waals surface area contributed by atoms with Crippen molar-refractivity contribution in [3.05, 3.63) is 70.3 Å². The summed E-state index contributed by atoms with van der Waals surface area (Å²) in [5.41, 5.74) is -1.06. The van der Waals surface area contributed by atoms with Gasteiger partial charge >= 0.3 is 6.61 Å². The Labute approximate surface area is 231 Å². The molecule has 2 aromatic heterocycles. The number of fused-ring (bicyclic) bond motifs is 1. The fourth-order valence-corrected chi connectivity index (χ4v) is 5.13. The Balaban J connectivity index is 1.50. The number of alkyl halides is 2. The molecular formula is C27H26F4N6O4. The lowest BCUT2D eigenvalue weighted by Crippen LogP contribution is -2.55. The molecule has 10 nitrogen and oxygen atoms in total. The Morgan fingerprint density at radius 3 is 2.54 bits per heavy atom. The zero-order valence-corrected chi connectivity index (χ0v) is 22.1. The average Bonchev–Trinajstić information content (AvgIpc) is 3.18. The van der Waals surface area contributed by atoms with Crippen LogP contribution in [0, 0.1) is 11.6 Å². The van der Waals surface area contributed by atoms with Crippen LogP contribution in [0.2, 0.25) is 0 Å². The minimum absolute atomic E-state index is 0.0251. The highest BCUT2D eigenvalue weighted by molar-refractivity contribution is 5.86. The summed E-state index contributed by atoms with van der Waals surface area (Å²) in [4.78, 5) is 36.7. The van der Waals surface area contributed by atoms with Crippen LogP contribution in [-0.4, -0.2) is 74.1 Å². The second-order valence-electron chi connectivity index (χ2n) is 9.63. The number of para-hydroxylation sites is 1. The normalized spacial score (nSPS) is 15.7. The minimum atomic E-state index is -3.09. The average molecular weight is 575 g/mol. The monoisotopic (exact) mass is 574 g/mol. The van der Waals surface area contributed by atoms with E-state index in [0.717, 1.165) is 10.7 Å². The molecule has 0 bridgehead atoms. The van der Waals surface area contributed by atoms with Crippen LogP contribution in [0.1, 0.15) is 12.5 Å². The molecule has 1 amide bonds. The molecule has 0 radical (unpaired) electrons. The molecule has 1 unspecified atom stereocenters. The summed E-state index contributed by atoms with van der Waals surface area (Å²) in [7, 11) is 1.36. The number of amides is 1. The third-order valence-electron chi connectivity index (χ3n) is 7.14. The third kappa shape index (κ3) is 5.22. The van der Waals surface area contributed by atoms with Gasteiger partial charge in [0.15, 0.2) is 5.82 Å². The van der Waals surface area contributed by atoms with Gasteiger partial charge in [0.1, 0.15) is 23.7 Å². The van der Waals surface area contributed by atoms with E-state index in [9.17, 15) is 18.4 Å². The summed E-state index contributed by atoms with van der Waals surface area (Å²) < 4.78 is 64.1. The molecule has 1 aliphatic heterocycles. The molecule has 41 heavy (non-hydrogen) atoms. The molecule has 1 N–H and O–H groups in total. The van der Waals surface area contributed by atoms with Gasteiger partial charge in [-0.1, -0.05) is 18.2 Å². The van der Waals surface area contributed by atoms with Crippen LogP contribution >= 0.6 is 0 Å². The van der Waals surface area contributed by atoms with E-state index in [0.29, 0.717) is 25.6 Å². The number of rotatable bonds is 7. The van der Waals surface area contributed by atoms with Gasteiger partial charge in [-0.15, -0.1) is 0 Å². The number of aliphatic hydroxyl groups is 1. The zero-order chi connectivity index (χ0) is 29.4. The number of benzene rings is 2. The molecular weight excluding hydrogens is 548 g/mol. The van der Waals surface area contributed by atoms with Crippen LogP contribution in [0.4, 0.5) is 23.5 Å². The SMILES string of the molecule is CC1CN(c2ncc(-c3c(F)cc4c(=O)n(C)n(Cc5ccccc5OC(F)F)c4c3F)cn2)CCN1C(=O)CO. The van der Waals surface area contributed by atoms with Crippen molar-refractivity contribution in [3.63, 3.8) is 0 Å². The number of aliphatic hydroxyl groups excluding tert-OH is 1. The number of piperazine rings is 1. The van der Waals surface area contributed by atoms with Crippen molar-refractivity contribution in [2.45, 2.75) is 26.1 Å². The van der Waals surface area contributed by atoms with E-state index in [-0.39, 0.29) is 46.3 Å². The molecule has 0 spiro atoms. The zero-order valence-electron chi connectivity index (χ0n) is 22.1. The van der Waals surface area contributed by atoms with Gasteiger partial charge in [-0.05, 0) is 19.1 Å². The van der Waals surface area contributed by atoms with Gasteiger partial charge in [0.25, 0.3) is 5.56 Å². The van der Waals surface area contributed by atoms with Gasteiger partial charge in [0.2, 0.25) is 11.9 Å². The number of aromatic nitrogens is 4. The van der Waals surface area contributed by atoms with Crippen molar-refractivity contribution in [1.82, 2.24) is 24.2 Å². The summed E-state index contributed by atoms with van der Waals surface area (Å²) >= 11 is 0. The van der Waals surface area contributed by atoms with Crippen LogP contribution in [-0.2, 0) is 18.4 Å².